The van der Waals surface area contributed by atoms with Gasteiger partial charge in [0, 0.05) is 6.20 Å². The normalized spacial score (nSPS) is 9.81. The molecule has 88 valence electrons. The van der Waals surface area contributed by atoms with E-state index >= 15 is 0 Å². The van der Waals surface area contributed by atoms with E-state index in [1.54, 1.807) is 12.3 Å². The number of unbranched alkanes of at least 4 members (excludes halogenated alkanes) is 1. The second-order valence-corrected chi connectivity index (χ2v) is 3.31. The van der Waals surface area contributed by atoms with Crippen LogP contribution in [0.3, 0.4) is 0 Å². The van der Waals surface area contributed by atoms with Crippen molar-refractivity contribution in [3.05, 3.63) is 24.0 Å². The monoisotopic (exact) mass is 224 g/mol. The Kier molecular flexibility index (Phi) is 5.11. The van der Waals surface area contributed by atoms with Gasteiger partial charge in [0.1, 0.15) is 11.4 Å². The van der Waals surface area contributed by atoms with Crippen molar-refractivity contribution in [2.75, 3.05) is 6.61 Å². The molecule has 1 aromatic rings. The van der Waals surface area contributed by atoms with Crippen LogP contribution in [0.2, 0.25) is 0 Å². The topological polar surface area (TPSA) is 71.5 Å². The molecule has 5 heteroatoms. The molecule has 1 amide bonds. The minimum Gasteiger partial charge on any atom is -0.506 e. The van der Waals surface area contributed by atoms with Crippen LogP contribution in [0, 0.1) is 0 Å². The summed E-state index contributed by atoms with van der Waals surface area (Å²) in [5, 5.41) is 11.9. The second kappa shape index (κ2) is 6.66. The lowest BCUT2D eigenvalue weighted by Crippen LogP contribution is -2.24. The molecule has 2 N–H and O–H groups in total. The summed E-state index contributed by atoms with van der Waals surface area (Å²) in [5.41, 5.74) is 0.426. The predicted molar refractivity (Wildman–Crippen MR) is 59.0 cm³/mol. The van der Waals surface area contributed by atoms with Crippen LogP contribution >= 0.6 is 0 Å². The fraction of sp³-hybridized carbons (Fsp3) is 0.455. The number of amides is 1. The summed E-state index contributed by atoms with van der Waals surface area (Å²) in [6, 6.07) is 3.14. The number of carbonyl (C=O) groups excluding carboxylic acids is 1. The predicted octanol–water partition coefficient (Wildman–Crippen LogP) is 1.81. The molecular weight excluding hydrogens is 208 g/mol. The Morgan fingerprint density at radius 3 is 3.12 bits per heavy atom. The Labute approximate surface area is 94.5 Å². The second-order valence-electron chi connectivity index (χ2n) is 3.31. The first-order valence-corrected chi connectivity index (χ1v) is 5.27. The van der Waals surface area contributed by atoms with Crippen molar-refractivity contribution in [3.63, 3.8) is 0 Å². The molecule has 0 saturated carbocycles. The molecule has 0 saturated heterocycles. The molecule has 16 heavy (non-hydrogen) atoms. The van der Waals surface area contributed by atoms with Gasteiger partial charge in [0.25, 0.3) is 0 Å². The van der Waals surface area contributed by atoms with Gasteiger partial charge in [0.2, 0.25) is 0 Å². The maximum Gasteiger partial charge on any atom is 0.407 e. The number of aromatic hydroxyl groups is 1. The first kappa shape index (κ1) is 12.3. The minimum atomic E-state index is -0.487. The van der Waals surface area contributed by atoms with Gasteiger partial charge in [-0.2, -0.15) is 0 Å². The van der Waals surface area contributed by atoms with Gasteiger partial charge < -0.3 is 15.2 Å². The number of hydrogen-bond acceptors (Lipinski definition) is 4. The van der Waals surface area contributed by atoms with E-state index in [-0.39, 0.29) is 12.3 Å². The molecule has 0 aliphatic heterocycles. The number of ether oxygens (including phenoxy) is 1. The van der Waals surface area contributed by atoms with Gasteiger partial charge in [-0.3, -0.25) is 4.98 Å². The molecule has 0 spiro atoms. The number of aromatic nitrogens is 1. The number of pyridine rings is 1. The molecule has 1 rings (SSSR count). The van der Waals surface area contributed by atoms with Gasteiger partial charge in [-0.15, -0.1) is 0 Å². The number of carbonyl (C=O) groups is 1. The van der Waals surface area contributed by atoms with E-state index in [9.17, 15) is 9.90 Å². The van der Waals surface area contributed by atoms with Crippen molar-refractivity contribution in [2.24, 2.45) is 0 Å². The lowest BCUT2D eigenvalue weighted by molar-refractivity contribution is 0.144. The van der Waals surface area contributed by atoms with Crippen LogP contribution in [-0.4, -0.2) is 22.8 Å². The van der Waals surface area contributed by atoms with Gasteiger partial charge in [-0.1, -0.05) is 13.3 Å². The molecule has 0 radical (unpaired) electrons. The SMILES string of the molecule is CCCCOC(=O)NCc1ncccc1O. The van der Waals surface area contributed by atoms with Gasteiger partial charge in [0.05, 0.1) is 13.2 Å². The minimum absolute atomic E-state index is 0.0661. The Hall–Kier alpha value is -1.78. The molecule has 5 nitrogen and oxygen atoms in total. The highest BCUT2D eigenvalue weighted by molar-refractivity contribution is 5.67. The molecule has 0 unspecified atom stereocenters. The van der Waals surface area contributed by atoms with Gasteiger partial charge in [-0.05, 0) is 18.6 Å². The van der Waals surface area contributed by atoms with Crippen LogP contribution in [0.5, 0.6) is 5.75 Å². The van der Waals surface area contributed by atoms with Crippen molar-refractivity contribution in [1.82, 2.24) is 10.3 Å². The molecule has 1 aromatic heterocycles. The Morgan fingerprint density at radius 2 is 2.44 bits per heavy atom. The molecular formula is C11H16N2O3. The molecule has 0 aliphatic rings. The molecule has 0 bridgehead atoms. The molecule has 0 fully saturated rings. The number of nitrogens with one attached hydrogen (secondary N) is 1. The molecule has 0 aromatic carbocycles. The zero-order valence-electron chi connectivity index (χ0n) is 9.27. The van der Waals surface area contributed by atoms with E-state index in [0.29, 0.717) is 12.3 Å². The number of alkyl carbamates (subject to hydrolysis) is 1. The lowest BCUT2D eigenvalue weighted by atomic mass is 10.3. The summed E-state index contributed by atoms with van der Waals surface area (Å²) in [4.78, 5) is 15.1. The quantitative estimate of drug-likeness (QED) is 0.748. The highest BCUT2D eigenvalue weighted by Gasteiger charge is 2.05. The number of rotatable bonds is 5. The molecule has 0 aliphatic carbocycles. The van der Waals surface area contributed by atoms with Crippen LogP contribution in [0.1, 0.15) is 25.5 Å². The average molecular weight is 224 g/mol. The Morgan fingerprint density at radius 1 is 1.62 bits per heavy atom. The standard InChI is InChI=1S/C11H16N2O3/c1-2-3-7-16-11(15)13-8-9-10(14)5-4-6-12-9/h4-6,14H,2-3,7-8H2,1H3,(H,13,15). The maximum absolute atomic E-state index is 11.2. The van der Waals surface area contributed by atoms with Crippen LogP contribution in [0.15, 0.2) is 18.3 Å². The number of nitrogens with zero attached hydrogens (tertiary/aromatic N) is 1. The first-order chi connectivity index (χ1) is 7.74. The van der Waals surface area contributed by atoms with Crippen LogP contribution in [0.25, 0.3) is 0 Å². The fourth-order valence-corrected chi connectivity index (χ4v) is 1.08. The van der Waals surface area contributed by atoms with Crippen molar-refractivity contribution < 1.29 is 14.6 Å². The van der Waals surface area contributed by atoms with E-state index < -0.39 is 6.09 Å². The third kappa shape index (κ3) is 4.16. The van der Waals surface area contributed by atoms with Crippen molar-refractivity contribution >= 4 is 6.09 Å². The van der Waals surface area contributed by atoms with E-state index in [4.69, 9.17) is 4.74 Å². The summed E-state index contributed by atoms with van der Waals surface area (Å²) >= 11 is 0. The maximum atomic E-state index is 11.2. The van der Waals surface area contributed by atoms with Crippen molar-refractivity contribution in [3.8, 4) is 5.75 Å². The van der Waals surface area contributed by atoms with Gasteiger partial charge >= 0.3 is 6.09 Å². The highest BCUT2D eigenvalue weighted by Crippen LogP contribution is 2.11. The Balaban J connectivity index is 2.29. The highest BCUT2D eigenvalue weighted by atomic mass is 16.5. The average Bonchev–Trinajstić information content (AvgIpc) is 2.28. The largest absolute Gasteiger partial charge is 0.506 e. The summed E-state index contributed by atoms with van der Waals surface area (Å²) in [7, 11) is 0. The van der Waals surface area contributed by atoms with Crippen LogP contribution < -0.4 is 5.32 Å². The lowest BCUT2D eigenvalue weighted by Gasteiger charge is -2.06. The fourth-order valence-electron chi connectivity index (χ4n) is 1.08. The zero-order valence-corrected chi connectivity index (χ0v) is 9.27. The smallest absolute Gasteiger partial charge is 0.407 e. The summed E-state index contributed by atoms with van der Waals surface area (Å²) in [6.45, 7) is 2.60. The molecule has 0 atom stereocenters. The number of hydrogen-bond donors (Lipinski definition) is 2. The van der Waals surface area contributed by atoms with Gasteiger partial charge in [-0.25, -0.2) is 4.79 Å². The molecule has 1 heterocycles. The summed E-state index contributed by atoms with van der Waals surface area (Å²) < 4.78 is 4.88. The van der Waals surface area contributed by atoms with E-state index in [1.807, 2.05) is 6.92 Å². The van der Waals surface area contributed by atoms with E-state index in [0.717, 1.165) is 12.8 Å². The van der Waals surface area contributed by atoms with Crippen LogP contribution in [0.4, 0.5) is 4.79 Å². The summed E-state index contributed by atoms with van der Waals surface area (Å²) in [5.74, 6) is 0.0661. The third-order valence-electron chi connectivity index (χ3n) is 2.00. The van der Waals surface area contributed by atoms with Crippen molar-refractivity contribution in [2.45, 2.75) is 26.3 Å². The van der Waals surface area contributed by atoms with E-state index in [2.05, 4.69) is 10.3 Å². The van der Waals surface area contributed by atoms with E-state index in [1.165, 1.54) is 6.07 Å². The van der Waals surface area contributed by atoms with Crippen LogP contribution in [-0.2, 0) is 11.3 Å². The summed E-state index contributed by atoms with van der Waals surface area (Å²) in [6.07, 6.45) is 2.90. The van der Waals surface area contributed by atoms with Gasteiger partial charge in [0.15, 0.2) is 0 Å². The Bertz CT molecular complexity index is 342. The third-order valence-corrected chi connectivity index (χ3v) is 2.00. The van der Waals surface area contributed by atoms with Crippen molar-refractivity contribution in [1.29, 1.82) is 0 Å². The first-order valence-electron chi connectivity index (χ1n) is 5.27. The zero-order chi connectivity index (χ0) is 11.8.